The van der Waals surface area contributed by atoms with Crippen LogP contribution in [-0.2, 0) is 20.6 Å². The molecule has 0 saturated carbocycles. The monoisotopic (exact) mass is 494 g/mol. The molecule has 2 aromatic heterocycles. The number of anilines is 1. The number of nitrogens with zero attached hydrogens (tertiary/aromatic N) is 1. The number of aromatic amines is 1. The predicted octanol–water partition coefficient (Wildman–Crippen LogP) is 3.55. The standard InChI is InChI=1S/C21H26N4O4S3/c1-11(2)25-32(28,29)16-8-6-15(7-9-16)22-19(26)14(5)30-10-17-23-20(27)18-12(3)13(4)31-21(18)24-17/h6-9,11,14,25H,10H2,1-5H3,(H,22,26)(H,23,24,27). The number of hydrogen-bond acceptors (Lipinski definition) is 7. The van der Waals surface area contributed by atoms with E-state index in [1.165, 1.54) is 35.2 Å². The van der Waals surface area contributed by atoms with E-state index >= 15 is 0 Å². The minimum Gasteiger partial charge on any atom is -0.325 e. The fourth-order valence-electron chi connectivity index (χ4n) is 2.99. The van der Waals surface area contributed by atoms with E-state index in [4.69, 9.17) is 0 Å². The lowest BCUT2D eigenvalue weighted by atomic mass is 10.2. The largest absolute Gasteiger partial charge is 0.325 e. The van der Waals surface area contributed by atoms with Crippen LogP contribution in [0.25, 0.3) is 10.2 Å². The van der Waals surface area contributed by atoms with Crippen LogP contribution >= 0.6 is 23.1 Å². The molecule has 8 nitrogen and oxygen atoms in total. The minimum absolute atomic E-state index is 0.135. The van der Waals surface area contributed by atoms with Crippen LogP contribution in [0.1, 0.15) is 37.0 Å². The second-order valence-corrected chi connectivity index (χ2v) is 12.0. The number of sulfonamides is 1. The van der Waals surface area contributed by atoms with Crippen molar-refractivity contribution in [2.45, 2.75) is 56.6 Å². The topological polar surface area (TPSA) is 121 Å². The van der Waals surface area contributed by atoms with E-state index in [2.05, 4.69) is 20.0 Å². The molecule has 1 unspecified atom stereocenters. The summed E-state index contributed by atoms with van der Waals surface area (Å²) in [4.78, 5) is 34.2. The number of fused-ring (bicyclic) bond motifs is 1. The lowest BCUT2D eigenvalue weighted by Crippen LogP contribution is -2.30. The van der Waals surface area contributed by atoms with Crippen molar-refractivity contribution in [3.8, 4) is 0 Å². The highest BCUT2D eigenvalue weighted by atomic mass is 32.2. The number of carbonyl (C=O) groups excluding carboxylic acids is 1. The summed E-state index contributed by atoms with van der Waals surface area (Å²) >= 11 is 2.84. The van der Waals surface area contributed by atoms with Crippen molar-refractivity contribution in [2.24, 2.45) is 0 Å². The second-order valence-electron chi connectivity index (χ2n) is 7.72. The molecule has 3 rings (SSSR count). The molecule has 1 aromatic carbocycles. The number of H-pyrrole nitrogens is 1. The van der Waals surface area contributed by atoms with Gasteiger partial charge < -0.3 is 10.3 Å². The molecule has 32 heavy (non-hydrogen) atoms. The van der Waals surface area contributed by atoms with Crippen molar-refractivity contribution < 1.29 is 13.2 Å². The molecule has 0 radical (unpaired) electrons. The average molecular weight is 495 g/mol. The quantitative estimate of drug-likeness (QED) is 0.440. The summed E-state index contributed by atoms with van der Waals surface area (Å²) in [6.07, 6.45) is 0. The molecule has 0 fully saturated rings. The molecule has 1 atom stereocenters. The zero-order valence-corrected chi connectivity index (χ0v) is 20.9. The van der Waals surface area contributed by atoms with Crippen LogP contribution in [-0.4, -0.2) is 35.6 Å². The van der Waals surface area contributed by atoms with Crippen molar-refractivity contribution in [1.82, 2.24) is 14.7 Å². The number of thioether (sulfide) groups is 1. The van der Waals surface area contributed by atoms with Crippen molar-refractivity contribution in [2.75, 3.05) is 5.32 Å². The van der Waals surface area contributed by atoms with E-state index in [9.17, 15) is 18.0 Å². The highest BCUT2D eigenvalue weighted by Crippen LogP contribution is 2.26. The Labute approximate surface area is 195 Å². The number of benzene rings is 1. The number of carbonyl (C=O) groups is 1. The second kappa shape index (κ2) is 9.74. The Morgan fingerprint density at radius 2 is 1.84 bits per heavy atom. The van der Waals surface area contributed by atoms with Crippen molar-refractivity contribution in [1.29, 1.82) is 0 Å². The smallest absolute Gasteiger partial charge is 0.259 e. The van der Waals surface area contributed by atoms with Gasteiger partial charge in [-0.25, -0.2) is 18.1 Å². The van der Waals surface area contributed by atoms with Crippen molar-refractivity contribution >= 4 is 54.9 Å². The fraction of sp³-hybridized carbons (Fsp3) is 0.381. The molecule has 2 heterocycles. The van der Waals surface area contributed by atoms with Gasteiger partial charge in [-0.3, -0.25) is 9.59 Å². The number of thiophene rings is 1. The maximum absolute atomic E-state index is 12.5. The summed E-state index contributed by atoms with van der Waals surface area (Å²) < 4.78 is 26.9. The summed E-state index contributed by atoms with van der Waals surface area (Å²) in [7, 11) is -3.58. The molecule has 0 aliphatic rings. The Hall–Kier alpha value is -2.21. The van der Waals surface area contributed by atoms with Gasteiger partial charge in [-0.15, -0.1) is 23.1 Å². The van der Waals surface area contributed by atoms with Gasteiger partial charge in [0.2, 0.25) is 15.9 Å². The van der Waals surface area contributed by atoms with E-state index in [1.54, 1.807) is 32.9 Å². The zero-order chi connectivity index (χ0) is 23.6. The molecule has 3 aromatic rings. The highest BCUT2D eigenvalue weighted by molar-refractivity contribution is 7.99. The summed E-state index contributed by atoms with van der Waals surface area (Å²) in [6, 6.07) is 5.80. The number of hydrogen-bond donors (Lipinski definition) is 3. The number of aromatic nitrogens is 2. The summed E-state index contributed by atoms with van der Waals surface area (Å²) in [6.45, 7) is 9.13. The number of amides is 1. The first kappa shape index (κ1) is 24.4. The molecular formula is C21H26N4O4S3. The van der Waals surface area contributed by atoms with Gasteiger partial charge in [0.25, 0.3) is 5.56 Å². The van der Waals surface area contributed by atoms with E-state index < -0.39 is 15.3 Å². The molecule has 0 bridgehead atoms. The van der Waals surface area contributed by atoms with E-state index in [0.717, 1.165) is 10.4 Å². The van der Waals surface area contributed by atoms with E-state index in [-0.39, 0.29) is 22.4 Å². The van der Waals surface area contributed by atoms with E-state index in [1.807, 2.05) is 13.8 Å². The van der Waals surface area contributed by atoms with Crippen molar-refractivity contribution in [3.63, 3.8) is 0 Å². The third-order valence-corrected chi connectivity index (χ3v) is 8.68. The molecule has 3 N–H and O–H groups in total. The zero-order valence-electron chi connectivity index (χ0n) is 18.5. The number of aryl methyl sites for hydroxylation is 2. The third kappa shape index (κ3) is 5.58. The van der Waals surface area contributed by atoms with Gasteiger partial charge >= 0.3 is 0 Å². The predicted molar refractivity (Wildman–Crippen MR) is 131 cm³/mol. The maximum atomic E-state index is 12.5. The lowest BCUT2D eigenvalue weighted by molar-refractivity contribution is -0.115. The van der Waals surface area contributed by atoms with E-state index in [0.29, 0.717) is 27.5 Å². The highest BCUT2D eigenvalue weighted by Gasteiger charge is 2.18. The normalized spacial score (nSPS) is 12.9. The van der Waals surface area contributed by atoms with Crippen molar-refractivity contribution in [3.05, 3.63) is 50.9 Å². The minimum atomic E-state index is -3.58. The van der Waals surface area contributed by atoms with Gasteiger partial charge in [-0.1, -0.05) is 0 Å². The fourth-order valence-corrected chi connectivity index (χ4v) is 6.04. The van der Waals surface area contributed by atoms with Crippen LogP contribution < -0.4 is 15.6 Å². The first-order valence-corrected chi connectivity index (χ1v) is 13.4. The Kier molecular flexibility index (Phi) is 7.43. The van der Waals surface area contributed by atoms with Crippen LogP contribution in [0, 0.1) is 13.8 Å². The Balaban J connectivity index is 1.62. The van der Waals surface area contributed by atoms with Crippen LogP contribution in [0.4, 0.5) is 5.69 Å². The third-order valence-electron chi connectivity index (χ3n) is 4.75. The van der Waals surface area contributed by atoms with Gasteiger partial charge in [0, 0.05) is 16.6 Å². The van der Waals surface area contributed by atoms with Gasteiger partial charge in [0.05, 0.1) is 21.3 Å². The molecule has 1 amide bonds. The molecular weight excluding hydrogens is 468 g/mol. The Bertz CT molecular complexity index is 1300. The first-order valence-electron chi connectivity index (χ1n) is 10.0. The molecule has 0 aliphatic carbocycles. The lowest BCUT2D eigenvalue weighted by Gasteiger charge is -2.13. The maximum Gasteiger partial charge on any atom is 0.259 e. The summed E-state index contributed by atoms with van der Waals surface area (Å²) in [5, 5.41) is 3.00. The summed E-state index contributed by atoms with van der Waals surface area (Å²) in [5.41, 5.74) is 1.29. The SMILES string of the molecule is Cc1sc2nc(CSC(C)C(=O)Nc3ccc(S(=O)(=O)NC(C)C)cc3)[nH]c(=O)c2c1C. The first-order chi connectivity index (χ1) is 15.0. The van der Waals surface area contributed by atoms with Crippen LogP contribution in [0.5, 0.6) is 0 Å². The Morgan fingerprint density at radius 3 is 2.47 bits per heavy atom. The van der Waals surface area contributed by atoms with Crippen LogP contribution in [0.15, 0.2) is 34.0 Å². The molecule has 172 valence electrons. The summed E-state index contributed by atoms with van der Waals surface area (Å²) in [5.74, 6) is 0.686. The molecule has 0 aliphatic heterocycles. The average Bonchev–Trinajstić information content (AvgIpc) is 2.99. The number of rotatable bonds is 8. The van der Waals surface area contributed by atoms with Gasteiger partial charge in [-0.2, -0.15) is 0 Å². The molecule has 11 heteroatoms. The molecule has 0 spiro atoms. The van der Waals surface area contributed by atoms with Crippen LogP contribution in [0.3, 0.4) is 0 Å². The van der Waals surface area contributed by atoms with Gasteiger partial charge in [0.1, 0.15) is 10.7 Å². The Morgan fingerprint density at radius 1 is 1.19 bits per heavy atom. The molecule has 0 saturated heterocycles. The van der Waals surface area contributed by atoms with Crippen LogP contribution in [0.2, 0.25) is 0 Å². The van der Waals surface area contributed by atoms with Gasteiger partial charge in [0.15, 0.2) is 0 Å². The van der Waals surface area contributed by atoms with Gasteiger partial charge in [-0.05, 0) is 64.4 Å². The number of nitrogens with one attached hydrogen (secondary N) is 3.